The molecule has 0 heterocycles. The molecule has 1 unspecified atom stereocenters. The van der Waals surface area contributed by atoms with Crippen molar-refractivity contribution < 1.29 is 24.2 Å². The van der Waals surface area contributed by atoms with Crippen molar-refractivity contribution in [1.82, 2.24) is 15.5 Å². The van der Waals surface area contributed by atoms with Gasteiger partial charge in [-0.25, -0.2) is 9.59 Å². The highest BCUT2D eigenvalue weighted by atomic mass is 16.5. The molecule has 2 amide bonds. The zero-order chi connectivity index (χ0) is 27.9. The van der Waals surface area contributed by atoms with Gasteiger partial charge in [-0.15, -0.1) is 0 Å². The third-order valence-corrected chi connectivity index (χ3v) is 6.97. The van der Waals surface area contributed by atoms with Crippen molar-refractivity contribution in [1.29, 1.82) is 0 Å². The largest absolute Gasteiger partial charge is 0.480 e. The third-order valence-electron chi connectivity index (χ3n) is 6.97. The molecule has 0 bridgehead atoms. The average molecular weight is 530 g/mol. The summed E-state index contributed by atoms with van der Waals surface area (Å²) in [5.74, 6) is -2.11. The van der Waals surface area contributed by atoms with Gasteiger partial charge in [0, 0.05) is 19.0 Å². The van der Waals surface area contributed by atoms with Gasteiger partial charge in [0.05, 0.1) is 0 Å². The summed E-state index contributed by atoms with van der Waals surface area (Å²) in [6, 6.07) is 23.7. The van der Waals surface area contributed by atoms with Crippen LogP contribution >= 0.6 is 0 Å². The Hall–Kier alpha value is -4.17. The predicted octanol–water partition coefficient (Wildman–Crippen LogP) is 4.25. The first-order chi connectivity index (χ1) is 18.7. The molecule has 0 fully saturated rings. The van der Waals surface area contributed by atoms with Gasteiger partial charge in [-0.1, -0.05) is 92.7 Å². The number of fused-ring (bicyclic) bond motifs is 3. The Labute approximate surface area is 229 Å². The molecule has 8 heteroatoms. The van der Waals surface area contributed by atoms with Crippen molar-refractivity contribution in [3.63, 3.8) is 0 Å². The molecule has 3 aromatic carbocycles. The number of rotatable bonds is 11. The van der Waals surface area contributed by atoms with E-state index in [2.05, 4.69) is 22.8 Å². The minimum absolute atomic E-state index is 0.103. The quantitative estimate of drug-likeness (QED) is 0.343. The maximum absolute atomic E-state index is 13.1. The molecule has 3 aromatic rings. The summed E-state index contributed by atoms with van der Waals surface area (Å²) in [6.45, 7) is 4.32. The van der Waals surface area contributed by atoms with E-state index in [1.165, 1.54) is 0 Å². The molecule has 0 radical (unpaired) electrons. The number of likely N-dealkylation sites (N-methyl/N-ethyl adjacent to an activating group) is 1. The van der Waals surface area contributed by atoms with Gasteiger partial charge in [-0.05, 0) is 40.8 Å². The van der Waals surface area contributed by atoms with E-state index in [4.69, 9.17) is 4.74 Å². The molecule has 0 saturated carbocycles. The molecule has 39 heavy (non-hydrogen) atoms. The Bertz CT molecular complexity index is 1260. The third kappa shape index (κ3) is 6.83. The summed E-state index contributed by atoms with van der Waals surface area (Å²) in [7, 11) is 1.80. The number of nitrogens with one attached hydrogen (secondary N) is 2. The molecular formula is C31H35N3O5. The van der Waals surface area contributed by atoms with Crippen LogP contribution < -0.4 is 10.6 Å². The minimum Gasteiger partial charge on any atom is -0.480 e. The van der Waals surface area contributed by atoms with Gasteiger partial charge in [0.15, 0.2) is 0 Å². The fourth-order valence-electron chi connectivity index (χ4n) is 5.02. The van der Waals surface area contributed by atoms with Crippen LogP contribution in [-0.2, 0) is 20.9 Å². The molecule has 8 nitrogen and oxygen atoms in total. The smallest absolute Gasteiger partial charge is 0.407 e. The fourth-order valence-corrected chi connectivity index (χ4v) is 5.02. The maximum Gasteiger partial charge on any atom is 0.407 e. The second kappa shape index (κ2) is 12.6. The van der Waals surface area contributed by atoms with Crippen LogP contribution in [0.25, 0.3) is 11.1 Å². The van der Waals surface area contributed by atoms with Crippen molar-refractivity contribution in [3.05, 3.63) is 95.6 Å². The number of amides is 2. The zero-order valence-corrected chi connectivity index (χ0v) is 22.5. The van der Waals surface area contributed by atoms with Crippen molar-refractivity contribution in [3.8, 4) is 11.1 Å². The zero-order valence-electron chi connectivity index (χ0n) is 22.5. The van der Waals surface area contributed by atoms with Gasteiger partial charge in [0.2, 0.25) is 5.91 Å². The first kappa shape index (κ1) is 27.9. The Kier molecular flexibility index (Phi) is 8.99. The second-order valence-electron chi connectivity index (χ2n) is 10.3. The Balaban J connectivity index is 1.36. The summed E-state index contributed by atoms with van der Waals surface area (Å²) in [5, 5.41) is 15.0. The highest BCUT2D eigenvalue weighted by Gasteiger charge is 2.32. The van der Waals surface area contributed by atoms with Gasteiger partial charge in [-0.2, -0.15) is 0 Å². The van der Waals surface area contributed by atoms with Gasteiger partial charge < -0.3 is 20.5 Å². The molecule has 2 atom stereocenters. The molecule has 0 spiro atoms. The second-order valence-corrected chi connectivity index (χ2v) is 10.3. The molecule has 204 valence electrons. The van der Waals surface area contributed by atoms with E-state index in [0.717, 1.165) is 27.8 Å². The molecular weight excluding hydrogens is 494 g/mol. The van der Waals surface area contributed by atoms with Crippen LogP contribution in [0.2, 0.25) is 0 Å². The van der Waals surface area contributed by atoms with Crippen LogP contribution in [0, 0.1) is 5.92 Å². The SMILES string of the molecule is CC(C)[C@@H](NC(=O)OCC1c2ccccc2-c2ccccc21)C(=O)NC(CN(C)Cc1ccccc1)C(=O)O. The number of carbonyl (C=O) groups is 3. The number of hydrogen-bond donors (Lipinski definition) is 3. The van der Waals surface area contributed by atoms with Gasteiger partial charge in [-0.3, -0.25) is 9.69 Å². The van der Waals surface area contributed by atoms with Gasteiger partial charge >= 0.3 is 12.1 Å². The number of hydrogen-bond acceptors (Lipinski definition) is 5. The summed E-state index contributed by atoms with van der Waals surface area (Å²) in [5.41, 5.74) is 5.46. The van der Waals surface area contributed by atoms with E-state index in [1.54, 1.807) is 20.9 Å². The minimum atomic E-state index is -1.15. The summed E-state index contributed by atoms with van der Waals surface area (Å²) in [6.07, 6.45) is -0.723. The van der Waals surface area contributed by atoms with E-state index >= 15 is 0 Å². The van der Waals surface area contributed by atoms with Crippen LogP contribution in [0.15, 0.2) is 78.9 Å². The predicted molar refractivity (Wildman–Crippen MR) is 149 cm³/mol. The Morgan fingerprint density at radius 3 is 2.00 bits per heavy atom. The normalized spacial score (nSPS) is 13.9. The lowest BCUT2D eigenvalue weighted by atomic mass is 9.98. The van der Waals surface area contributed by atoms with E-state index in [-0.39, 0.29) is 25.0 Å². The van der Waals surface area contributed by atoms with Crippen LogP contribution in [0.5, 0.6) is 0 Å². The first-order valence-corrected chi connectivity index (χ1v) is 13.1. The van der Waals surface area contributed by atoms with E-state index in [9.17, 15) is 19.5 Å². The molecule has 1 aliphatic rings. The van der Waals surface area contributed by atoms with Crippen molar-refractivity contribution in [2.75, 3.05) is 20.2 Å². The van der Waals surface area contributed by atoms with Gasteiger partial charge in [0.25, 0.3) is 0 Å². The van der Waals surface area contributed by atoms with Gasteiger partial charge in [0.1, 0.15) is 18.7 Å². The van der Waals surface area contributed by atoms with E-state index < -0.39 is 30.1 Å². The topological polar surface area (TPSA) is 108 Å². The molecule has 3 N–H and O–H groups in total. The molecule has 0 aliphatic heterocycles. The lowest BCUT2D eigenvalue weighted by molar-refractivity contribution is -0.142. The van der Waals surface area contributed by atoms with Crippen LogP contribution in [0.4, 0.5) is 4.79 Å². The summed E-state index contributed by atoms with van der Waals surface area (Å²) < 4.78 is 5.60. The lowest BCUT2D eigenvalue weighted by Gasteiger charge is -2.26. The number of benzene rings is 3. The average Bonchev–Trinajstić information content (AvgIpc) is 3.24. The molecule has 0 aromatic heterocycles. The highest BCUT2D eigenvalue weighted by molar-refractivity contribution is 5.89. The summed E-state index contributed by atoms with van der Waals surface area (Å²) in [4.78, 5) is 39.7. The molecule has 1 aliphatic carbocycles. The number of nitrogens with zero attached hydrogens (tertiary/aromatic N) is 1. The number of carbonyl (C=O) groups excluding carboxylic acids is 2. The van der Waals surface area contributed by atoms with Crippen LogP contribution in [0.1, 0.15) is 36.5 Å². The lowest BCUT2D eigenvalue weighted by Crippen LogP contribution is -2.56. The number of carboxylic acid groups (broad SMARTS) is 1. The van der Waals surface area contributed by atoms with Crippen molar-refractivity contribution >= 4 is 18.0 Å². The van der Waals surface area contributed by atoms with Crippen LogP contribution in [0.3, 0.4) is 0 Å². The van der Waals surface area contributed by atoms with E-state index in [0.29, 0.717) is 6.54 Å². The number of carboxylic acids is 1. The number of alkyl carbamates (subject to hydrolysis) is 1. The Morgan fingerprint density at radius 1 is 0.872 bits per heavy atom. The monoisotopic (exact) mass is 529 g/mol. The number of ether oxygens (including phenoxy) is 1. The standard InChI is InChI=1S/C31H35N3O5/c1-20(2)28(29(35)32-27(30(36)37)18-34(3)17-21-11-5-4-6-12-21)33-31(38)39-19-26-24-15-9-7-13-22(24)23-14-8-10-16-25(23)26/h4-16,20,26-28H,17-19H2,1-3H3,(H,32,35)(H,33,38)(H,36,37)/t27?,28-/m1/s1. The Morgan fingerprint density at radius 2 is 1.44 bits per heavy atom. The molecule has 4 rings (SSSR count). The fraction of sp³-hybridized carbons (Fsp3) is 0.323. The van der Waals surface area contributed by atoms with E-state index in [1.807, 2.05) is 71.6 Å². The molecule has 0 saturated heterocycles. The van der Waals surface area contributed by atoms with Crippen molar-refractivity contribution in [2.24, 2.45) is 5.92 Å². The maximum atomic E-state index is 13.1. The van der Waals surface area contributed by atoms with Crippen molar-refractivity contribution in [2.45, 2.75) is 38.4 Å². The van der Waals surface area contributed by atoms with Crippen LogP contribution in [-0.4, -0.2) is 60.3 Å². The highest BCUT2D eigenvalue weighted by Crippen LogP contribution is 2.44. The first-order valence-electron chi connectivity index (χ1n) is 13.1. The summed E-state index contributed by atoms with van der Waals surface area (Å²) >= 11 is 0. The number of aliphatic carboxylic acids is 1.